The summed E-state index contributed by atoms with van der Waals surface area (Å²) in [6.07, 6.45) is 0.276. The molecule has 1 aromatic carbocycles. The van der Waals surface area contributed by atoms with Crippen molar-refractivity contribution in [3.05, 3.63) is 34.6 Å². The van der Waals surface area contributed by atoms with Crippen LogP contribution >= 0.6 is 11.6 Å². The van der Waals surface area contributed by atoms with E-state index < -0.39 is 27.5 Å². The number of hydrogen-bond acceptors (Lipinski definition) is 3. The summed E-state index contributed by atoms with van der Waals surface area (Å²) in [6.45, 7) is 7.14. The molecule has 20 heavy (non-hydrogen) atoms. The van der Waals surface area contributed by atoms with Crippen molar-refractivity contribution < 1.29 is 14.0 Å². The third-order valence-electron chi connectivity index (χ3n) is 3.03. The number of aliphatic hydroxyl groups is 1. The first-order chi connectivity index (χ1) is 9.12. The second-order valence-electron chi connectivity index (χ2n) is 5.89. The van der Waals surface area contributed by atoms with Crippen molar-refractivity contribution in [2.24, 2.45) is 0 Å². The molecule has 2 unspecified atom stereocenters. The van der Waals surface area contributed by atoms with Gasteiger partial charge in [0.2, 0.25) is 0 Å². The molecule has 1 rings (SSSR count). The quantitative estimate of drug-likeness (QED) is 0.819. The molecule has 0 aliphatic carbocycles. The summed E-state index contributed by atoms with van der Waals surface area (Å²) in [5.74, 6) is -0.531. The SMILES string of the molecule is CC(CCO)(N[S+]([O-])C(C)(C)C)c1cccc(F)c1Cl. The number of aliphatic hydroxyl groups excluding tert-OH is 1. The Balaban J connectivity index is 3.18. The van der Waals surface area contributed by atoms with Crippen LogP contribution in [-0.4, -0.2) is 21.0 Å². The molecule has 0 aliphatic rings. The topological polar surface area (TPSA) is 55.3 Å². The number of hydrogen-bond donors (Lipinski definition) is 2. The van der Waals surface area contributed by atoms with Crippen LogP contribution in [0.15, 0.2) is 18.2 Å². The summed E-state index contributed by atoms with van der Waals surface area (Å²) < 4.78 is 28.4. The van der Waals surface area contributed by atoms with Gasteiger partial charge in [-0.15, -0.1) is 4.72 Å². The molecule has 3 nitrogen and oxygen atoms in total. The van der Waals surface area contributed by atoms with E-state index in [0.29, 0.717) is 5.56 Å². The summed E-state index contributed by atoms with van der Waals surface area (Å²) in [7, 11) is 0. The highest BCUT2D eigenvalue weighted by Gasteiger charge is 2.38. The molecule has 0 bridgehead atoms. The molecule has 6 heteroatoms. The monoisotopic (exact) mass is 321 g/mol. The van der Waals surface area contributed by atoms with Crippen LogP contribution in [0.4, 0.5) is 4.39 Å². The van der Waals surface area contributed by atoms with E-state index in [1.165, 1.54) is 6.07 Å². The Morgan fingerprint density at radius 3 is 2.45 bits per heavy atom. The fourth-order valence-corrected chi connectivity index (χ4v) is 3.01. The van der Waals surface area contributed by atoms with Crippen molar-refractivity contribution in [1.29, 1.82) is 0 Å². The van der Waals surface area contributed by atoms with Crippen molar-refractivity contribution in [1.82, 2.24) is 4.72 Å². The van der Waals surface area contributed by atoms with Gasteiger partial charge in [0.1, 0.15) is 10.6 Å². The highest BCUT2D eigenvalue weighted by Crippen LogP contribution is 2.34. The lowest BCUT2D eigenvalue weighted by Gasteiger charge is -2.35. The Kier molecular flexibility index (Phi) is 5.87. The summed E-state index contributed by atoms with van der Waals surface area (Å²) in [5.41, 5.74) is -0.377. The minimum atomic E-state index is -1.37. The average molecular weight is 322 g/mol. The highest BCUT2D eigenvalue weighted by atomic mass is 35.5. The maximum Gasteiger partial charge on any atom is 0.142 e. The predicted molar refractivity (Wildman–Crippen MR) is 81.5 cm³/mol. The van der Waals surface area contributed by atoms with Gasteiger partial charge >= 0.3 is 0 Å². The van der Waals surface area contributed by atoms with Gasteiger partial charge in [-0.1, -0.05) is 23.7 Å². The normalized spacial score (nSPS) is 16.8. The van der Waals surface area contributed by atoms with Gasteiger partial charge in [0, 0.05) is 18.0 Å². The van der Waals surface area contributed by atoms with Crippen molar-refractivity contribution in [3.8, 4) is 0 Å². The molecule has 0 aliphatic heterocycles. The third kappa shape index (κ3) is 4.09. The Morgan fingerprint density at radius 2 is 1.95 bits per heavy atom. The molecule has 0 fully saturated rings. The van der Waals surface area contributed by atoms with E-state index in [1.54, 1.807) is 19.1 Å². The molecular formula is C14H21ClFNO2S. The molecule has 0 heterocycles. The van der Waals surface area contributed by atoms with Crippen molar-refractivity contribution >= 4 is 23.0 Å². The van der Waals surface area contributed by atoms with E-state index in [0.717, 1.165) is 0 Å². The first-order valence-corrected chi connectivity index (χ1v) is 7.89. The fourth-order valence-electron chi connectivity index (χ4n) is 1.75. The molecule has 0 aromatic heterocycles. The van der Waals surface area contributed by atoms with Gasteiger partial charge in [-0.3, -0.25) is 0 Å². The first-order valence-electron chi connectivity index (χ1n) is 6.37. The Hall–Kier alpha value is -0.330. The maximum absolute atomic E-state index is 13.6. The van der Waals surface area contributed by atoms with Gasteiger partial charge < -0.3 is 9.66 Å². The lowest BCUT2D eigenvalue weighted by Crippen LogP contribution is -2.50. The molecule has 0 radical (unpaired) electrons. The molecule has 0 amide bonds. The van der Waals surface area contributed by atoms with Crippen LogP contribution in [-0.2, 0) is 16.9 Å². The van der Waals surface area contributed by atoms with Gasteiger partial charge in [0.15, 0.2) is 0 Å². The number of benzene rings is 1. The minimum absolute atomic E-state index is 0.0122. The van der Waals surface area contributed by atoms with Crippen LogP contribution in [0.5, 0.6) is 0 Å². The second kappa shape index (κ2) is 6.62. The van der Waals surface area contributed by atoms with Crippen LogP contribution in [0.1, 0.15) is 39.7 Å². The van der Waals surface area contributed by atoms with Crippen LogP contribution in [0.25, 0.3) is 0 Å². The summed E-state index contributed by atoms with van der Waals surface area (Å²) in [6, 6.07) is 4.49. The zero-order valence-corrected chi connectivity index (χ0v) is 13.7. The molecule has 0 spiro atoms. The van der Waals surface area contributed by atoms with E-state index >= 15 is 0 Å². The third-order valence-corrected chi connectivity index (χ3v) is 5.16. The number of halogens is 2. The van der Waals surface area contributed by atoms with Gasteiger partial charge in [0.25, 0.3) is 0 Å². The van der Waals surface area contributed by atoms with Crippen molar-refractivity contribution in [2.45, 2.75) is 44.4 Å². The second-order valence-corrected chi connectivity index (χ2v) is 8.23. The maximum atomic E-state index is 13.6. The first kappa shape index (κ1) is 17.7. The van der Waals surface area contributed by atoms with Gasteiger partial charge in [-0.05, 0) is 45.7 Å². The lowest BCUT2D eigenvalue weighted by atomic mass is 9.90. The van der Waals surface area contributed by atoms with Crippen LogP contribution in [0.2, 0.25) is 5.02 Å². The van der Waals surface area contributed by atoms with Gasteiger partial charge in [-0.25, -0.2) is 4.39 Å². The molecule has 0 saturated heterocycles. The smallest absolute Gasteiger partial charge is 0.142 e. The zero-order valence-electron chi connectivity index (χ0n) is 12.2. The van der Waals surface area contributed by atoms with Gasteiger partial charge in [0.05, 0.1) is 10.6 Å². The van der Waals surface area contributed by atoms with E-state index in [-0.39, 0.29) is 18.1 Å². The van der Waals surface area contributed by atoms with Crippen LogP contribution in [0, 0.1) is 5.82 Å². The van der Waals surface area contributed by atoms with Crippen LogP contribution < -0.4 is 4.72 Å². The van der Waals surface area contributed by atoms with Crippen molar-refractivity contribution in [3.63, 3.8) is 0 Å². The van der Waals surface area contributed by atoms with E-state index in [1.807, 2.05) is 20.8 Å². The van der Waals surface area contributed by atoms with Gasteiger partial charge in [-0.2, -0.15) is 0 Å². The molecular weight excluding hydrogens is 301 g/mol. The zero-order chi connectivity index (χ0) is 15.6. The lowest BCUT2D eigenvalue weighted by molar-refractivity contribution is 0.237. The summed E-state index contributed by atoms with van der Waals surface area (Å²) >= 11 is 4.65. The van der Waals surface area contributed by atoms with E-state index in [4.69, 9.17) is 11.6 Å². The summed E-state index contributed by atoms with van der Waals surface area (Å²) in [5, 5.41) is 9.25. The van der Waals surface area contributed by atoms with E-state index in [9.17, 15) is 14.0 Å². The summed E-state index contributed by atoms with van der Waals surface area (Å²) in [4.78, 5) is 0. The average Bonchev–Trinajstić information content (AvgIpc) is 2.31. The Bertz CT molecular complexity index is 467. The fraction of sp³-hybridized carbons (Fsp3) is 0.571. The molecule has 1 aromatic rings. The standard InChI is InChI=1S/C14H21ClFNO2S/c1-13(2,3)20(19)17-14(4,8-9-18)10-6-5-7-11(16)12(10)15/h5-7,17-18H,8-9H2,1-4H3. The molecule has 114 valence electrons. The Labute approximate surface area is 127 Å². The minimum Gasteiger partial charge on any atom is -0.598 e. The predicted octanol–water partition coefficient (Wildman–Crippen LogP) is 3.13. The number of rotatable bonds is 5. The number of nitrogens with one attached hydrogen (secondary N) is 1. The van der Waals surface area contributed by atoms with Crippen molar-refractivity contribution in [2.75, 3.05) is 6.61 Å². The highest BCUT2D eigenvalue weighted by molar-refractivity contribution is 7.90. The molecule has 0 saturated carbocycles. The van der Waals surface area contributed by atoms with E-state index in [2.05, 4.69) is 4.72 Å². The molecule has 2 N–H and O–H groups in total. The largest absolute Gasteiger partial charge is 0.598 e. The Morgan fingerprint density at radius 1 is 1.35 bits per heavy atom. The van der Waals surface area contributed by atoms with Crippen LogP contribution in [0.3, 0.4) is 0 Å². The molecule has 2 atom stereocenters.